The van der Waals surface area contributed by atoms with Crippen molar-refractivity contribution in [2.75, 3.05) is 10.5 Å². The molecule has 4 N–H and O–H groups in total. The Labute approximate surface area is 154 Å². The van der Waals surface area contributed by atoms with Gasteiger partial charge in [-0.1, -0.05) is 18.2 Å². The van der Waals surface area contributed by atoms with E-state index in [0.29, 0.717) is 22.4 Å². The summed E-state index contributed by atoms with van der Waals surface area (Å²) in [4.78, 5) is 4.12. The Morgan fingerprint density at radius 3 is 2.56 bits per heavy atom. The lowest BCUT2D eigenvalue weighted by atomic mass is 10.1. The molecule has 0 aliphatic heterocycles. The van der Waals surface area contributed by atoms with Gasteiger partial charge in [0, 0.05) is 11.3 Å². The van der Waals surface area contributed by atoms with Crippen LogP contribution in [-0.2, 0) is 10.0 Å². The van der Waals surface area contributed by atoms with Crippen LogP contribution in [0.1, 0.15) is 0 Å². The lowest BCUT2D eigenvalue weighted by Gasteiger charge is -2.09. The molecule has 0 spiro atoms. The molecule has 0 radical (unpaired) electrons. The summed E-state index contributed by atoms with van der Waals surface area (Å²) >= 11 is 0. The maximum Gasteiger partial charge on any atom is 0.261 e. The van der Waals surface area contributed by atoms with Crippen molar-refractivity contribution in [1.29, 1.82) is 0 Å². The Kier molecular flexibility index (Phi) is 4.00. The van der Waals surface area contributed by atoms with Crippen LogP contribution in [0.5, 0.6) is 0 Å². The first kappa shape index (κ1) is 17.0. The van der Waals surface area contributed by atoms with E-state index >= 15 is 0 Å². The highest BCUT2D eigenvalue weighted by atomic mass is 32.2. The third-order valence-electron chi connectivity index (χ3n) is 3.99. The third kappa shape index (κ3) is 3.20. The number of aromatic nitrogens is 3. The van der Waals surface area contributed by atoms with Gasteiger partial charge in [0.15, 0.2) is 5.82 Å². The summed E-state index contributed by atoms with van der Waals surface area (Å²) in [5.41, 5.74) is 7.67. The van der Waals surface area contributed by atoms with Crippen molar-refractivity contribution >= 4 is 32.6 Å². The minimum absolute atomic E-state index is 0.163. The van der Waals surface area contributed by atoms with Gasteiger partial charge in [-0.2, -0.15) is 5.10 Å². The topological polar surface area (TPSA) is 114 Å². The van der Waals surface area contributed by atoms with Crippen molar-refractivity contribution in [2.24, 2.45) is 0 Å². The number of hydrogen-bond acceptors (Lipinski definition) is 5. The van der Waals surface area contributed by atoms with Gasteiger partial charge in [0.05, 0.1) is 16.1 Å². The van der Waals surface area contributed by atoms with Gasteiger partial charge in [-0.05, 0) is 42.5 Å². The van der Waals surface area contributed by atoms with Gasteiger partial charge in [0.25, 0.3) is 10.0 Å². The monoisotopic (exact) mass is 383 g/mol. The number of nitrogen functional groups attached to an aromatic ring is 1. The van der Waals surface area contributed by atoms with E-state index in [1.165, 1.54) is 12.1 Å². The number of halogens is 1. The number of anilines is 2. The van der Waals surface area contributed by atoms with Crippen LogP contribution in [0.2, 0.25) is 0 Å². The van der Waals surface area contributed by atoms with Crippen LogP contribution in [0, 0.1) is 5.82 Å². The quantitative estimate of drug-likeness (QED) is 0.501. The van der Waals surface area contributed by atoms with Gasteiger partial charge in [-0.3, -0.25) is 9.82 Å². The standard InChI is InChI=1S/C18H14FN5O2S/c19-14-10-12(27(25,26)24-11-4-2-1-3-5-11)6-7-13(14)15-8-9-16-17(21-15)18(20)23-22-16/h1-10,24H,(H3,20,22,23). The molecule has 0 aliphatic carbocycles. The summed E-state index contributed by atoms with van der Waals surface area (Å²) in [6, 6.07) is 15.3. The van der Waals surface area contributed by atoms with Crippen molar-refractivity contribution in [3.05, 3.63) is 66.5 Å². The van der Waals surface area contributed by atoms with Gasteiger partial charge in [-0.25, -0.2) is 17.8 Å². The van der Waals surface area contributed by atoms with E-state index in [2.05, 4.69) is 19.9 Å². The van der Waals surface area contributed by atoms with Crippen LogP contribution in [0.4, 0.5) is 15.9 Å². The fourth-order valence-electron chi connectivity index (χ4n) is 2.66. The predicted octanol–water partition coefficient (Wildman–Crippen LogP) is 3.15. The zero-order valence-corrected chi connectivity index (χ0v) is 14.7. The van der Waals surface area contributed by atoms with Crippen LogP contribution in [0.3, 0.4) is 0 Å². The largest absolute Gasteiger partial charge is 0.380 e. The summed E-state index contributed by atoms with van der Waals surface area (Å²) < 4.78 is 42.0. The Hall–Kier alpha value is -3.46. The van der Waals surface area contributed by atoms with Crippen molar-refractivity contribution < 1.29 is 12.8 Å². The van der Waals surface area contributed by atoms with Gasteiger partial charge < -0.3 is 5.73 Å². The summed E-state index contributed by atoms with van der Waals surface area (Å²) in [6.45, 7) is 0. The van der Waals surface area contributed by atoms with Crippen LogP contribution < -0.4 is 10.5 Å². The maximum atomic E-state index is 14.6. The Morgan fingerprint density at radius 1 is 1.04 bits per heavy atom. The van der Waals surface area contributed by atoms with Gasteiger partial charge in [0.2, 0.25) is 0 Å². The minimum atomic E-state index is -3.91. The summed E-state index contributed by atoms with van der Waals surface area (Å²) in [7, 11) is -3.91. The second-order valence-electron chi connectivity index (χ2n) is 5.81. The maximum absolute atomic E-state index is 14.6. The minimum Gasteiger partial charge on any atom is -0.380 e. The number of nitrogens with two attached hydrogens (primary N) is 1. The fraction of sp³-hybridized carbons (Fsp3) is 0. The number of nitrogens with one attached hydrogen (secondary N) is 2. The SMILES string of the molecule is Nc1n[nH]c2ccc(-c3ccc(S(=O)(=O)Nc4ccccc4)cc3F)nc12. The number of para-hydroxylation sites is 1. The summed E-state index contributed by atoms with van der Waals surface area (Å²) in [5, 5.41) is 6.56. The Morgan fingerprint density at radius 2 is 1.81 bits per heavy atom. The smallest absolute Gasteiger partial charge is 0.261 e. The van der Waals surface area contributed by atoms with Crippen molar-refractivity contribution in [3.8, 4) is 11.3 Å². The molecule has 0 saturated heterocycles. The number of nitrogens with zero attached hydrogens (tertiary/aromatic N) is 2. The number of aromatic amines is 1. The van der Waals surface area contributed by atoms with E-state index in [4.69, 9.17) is 5.73 Å². The molecule has 4 rings (SSSR count). The first-order valence-corrected chi connectivity index (χ1v) is 9.41. The molecule has 0 saturated carbocycles. The predicted molar refractivity (Wildman–Crippen MR) is 101 cm³/mol. The molecule has 2 heterocycles. The highest BCUT2D eigenvalue weighted by Crippen LogP contribution is 2.27. The van der Waals surface area contributed by atoms with E-state index < -0.39 is 15.8 Å². The average Bonchev–Trinajstić information content (AvgIpc) is 3.02. The molecule has 0 fully saturated rings. The Bertz CT molecular complexity index is 1240. The fourth-order valence-corrected chi connectivity index (χ4v) is 3.73. The molecule has 4 aromatic rings. The van der Waals surface area contributed by atoms with Crippen LogP contribution >= 0.6 is 0 Å². The zero-order valence-electron chi connectivity index (χ0n) is 13.8. The number of fused-ring (bicyclic) bond motifs is 1. The molecule has 2 aromatic heterocycles. The molecule has 7 nitrogen and oxygen atoms in total. The molecular formula is C18H14FN5O2S. The van der Waals surface area contributed by atoms with E-state index in [9.17, 15) is 12.8 Å². The summed E-state index contributed by atoms with van der Waals surface area (Å²) in [5.74, 6) is -0.502. The molecule has 0 atom stereocenters. The molecule has 0 bridgehead atoms. The number of H-pyrrole nitrogens is 1. The van der Waals surface area contributed by atoms with E-state index in [1.54, 1.807) is 42.5 Å². The molecule has 0 amide bonds. The van der Waals surface area contributed by atoms with Gasteiger partial charge in [-0.15, -0.1) is 0 Å². The third-order valence-corrected chi connectivity index (χ3v) is 5.37. The molecular weight excluding hydrogens is 369 g/mol. The number of rotatable bonds is 4. The lowest BCUT2D eigenvalue weighted by Crippen LogP contribution is -2.13. The highest BCUT2D eigenvalue weighted by molar-refractivity contribution is 7.92. The van der Waals surface area contributed by atoms with Crippen molar-refractivity contribution in [1.82, 2.24) is 15.2 Å². The number of hydrogen-bond donors (Lipinski definition) is 3. The molecule has 136 valence electrons. The number of sulfonamides is 1. The lowest BCUT2D eigenvalue weighted by molar-refractivity contribution is 0.596. The average molecular weight is 383 g/mol. The molecule has 0 unspecified atom stereocenters. The molecule has 0 aliphatic rings. The van der Waals surface area contributed by atoms with E-state index in [-0.39, 0.29) is 16.3 Å². The van der Waals surface area contributed by atoms with Crippen LogP contribution in [0.15, 0.2) is 65.6 Å². The Balaban J connectivity index is 1.70. The normalized spacial score (nSPS) is 11.6. The number of pyridine rings is 1. The van der Waals surface area contributed by atoms with Gasteiger partial charge >= 0.3 is 0 Å². The second kappa shape index (κ2) is 6.36. The van der Waals surface area contributed by atoms with E-state index in [0.717, 1.165) is 6.07 Å². The highest BCUT2D eigenvalue weighted by Gasteiger charge is 2.18. The van der Waals surface area contributed by atoms with Crippen molar-refractivity contribution in [2.45, 2.75) is 4.90 Å². The first-order chi connectivity index (χ1) is 12.9. The second-order valence-corrected chi connectivity index (χ2v) is 7.50. The summed E-state index contributed by atoms with van der Waals surface area (Å²) in [6.07, 6.45) is 0. The van der Waals surface area contributed by atoms with Crippen LogP contribution in [0.25, 0.3) is 22.3 Å². The zero-order chi connectivity index (χ0) is 19.0. The number of benzene rings is 2. The first-order valence-electron chi connectivity index (χ1n) is 7.92. The van der Waals surface area contributed by atoms with Crippen LogP contribution in [-0.4, -0.2) is 23.6 Å². The van der Waals surface area contributed by atoms with Gasteiger partial charge in [0.1, 0.15) is 11.3 Å². The van der Waals surface area contributed by atoms with E-state index in [1.807, 2.05) is 0 Å². The molecule has 2 aromatic carbocycles. The van der Waals surface area contributed by atoms with Crippen molar-refractivity contribution in [3.63, 3.8) is 0 Å². The molecule has 9 heteroatoms. The molecule has 27 heavy (non-hydrogen) atoms.